The minimum Gasteiger partial charge on any atom is -0.476 e. The van der Waals surface area contributed by atoms with Crippen molar-refractivity contribution in [1.82, 2.24) is 9.97 Å². The molecule has 1 saturated heterocycles. The van der Waals surface area contributed by atoms with Crippen molar-refractivity contribution in [2.75, 3.05) is 25.3 Å². The Labute approximate surface area is 163 Å². The van der Waals surface area contributed by atoms with Crippen LogP contribution < -0.4 is 15.8 Å². The molecular weight excluding hydrogens is 354 g/mol. The SMILES string of the molecule is C=Nc1cc(-c2ccc3ncnc(NC4CCOCC4)c3c2)ccc1OCN. The summed E-state index contributed by atoms with van der Waals surface area (Å²) in [4.78, 5) is 12.9. The highest BCUT2D eigenvalue weighted by Gasteiger charge is 2.16. The Morgan fingerprint density at radius 3 is 2.71 bits per heavy atom. The summed E-state index contributed by atoms with van der Waals surface area (Å²) in [5.41, 5.74) is 9.09. The van der Waals surface area contributed by atoms with Crippen LogP contribution in [0, 0.1) is 0 Å². The molecule has 28 heavy (non-hydrogen) atoms. The third kappa shape index (κ3) is 3.81. The number of nitrogens with one attached hydrogen (secondary N) is 1. The van der Waals surface area contributed by atoms with E-state index in [0.717, 1.165) is 53.9 Å². The molecule has 4 rings (SSSR count). The van der Waals surface area contributed by atoms with Crippen molar-refractivity contribution in [2.24, 2.45) is 10.7 Å². The van der Waals surface area contributed by atoms with Crippen LogP contribution in [0.15, 0.2) is 47.7 Å². The van der Waals surface area contributed by atoms with E-state index < -0.39 is 0 Å². The maximum Gasteiger partial charge on any atom is 0.146 e. The van der Waals surface area contributed by atoms with Crippen molar-refractivity contribution in [3.8, 4) is 16.9 Å². The molecule has 0 atom stereocenters. The van der Waals surface area contributed by atoms with Gasteiger partial charge in [-0.2, -0.15) is 0 Å². The molecule has 0 bridgehead atoms. The quantitative estimate of drug-likeness (QED) is 0.504. The van der Waals surface area contributed by atoms with Crippen LogP contribution in [0.5, 0.6) is 5.75 Å². The fraction of sp³-hybridized carbons (Fsp3) is 0.286. The number of hydrogen-bond donors (Lipinski definition) is 2. The van der Waals surface area contributed by atoms with E-state index in [1.807, 2.05) is 30.3 Å². The fourth-order valence-corrected chi connectivity index (χ4v) is 3.42. The number of ether oxygens (including phenoxy) is 2. The van der Waals surface area contributed by atoms with E-state index in [4.69, 9.17) is 15.2 Å². The normalized spacial score (nSPS) is 14.8. The third-order valence-corrected chi connectivity index (χ3v) is 4.90. The summed E-state index contributed by atoms with van der Waals surface area (Å²) in [5.74, 6) is 1.47. The van der Waals surface area contributed by atoms with Crippen LogP contribution >= 0.6 is 0 Å². The van der Waals surface area contributed by atoms with Crippen LogP contribution in [0.4, 0.5) is 11.5 Å². The largest absolute Gasteiger partial charge is 0.476 e. The molecule has 3 N–H and O–H groups in total. The van der Waals surface area contributed by atoms with Crippen LogP contribution in [0.1, 0.15) is 12.8 Å². The second-order valence-electron chi connectivity index (χ2n) is 6.64. The van der Waals surface area contributed by atoms with Crippen LogP contribution in [-0.2, 0) is 4.74 Å². The molecule has 0 aliphatic carbocycles. The lowest BCUT2D eigenvalue weighted by atomic mass is 10.0. The minimum atomic E-state index is 0.0937. The minimum absolute atomic E-state index is 0.0937. The molecule has 2 aromatic carbocycles. The second-order valence-corrected chi connectivity index (χ2v) is 6.64. The van der Waals surface area contributed by atoms with Gasteiger partial charge in [0.25, 0.3) is 0 Å². The number of benzene rings is 2. The average molecular weight is 377 g/mol. The van der Waals surface area contributed by atoms with E-state index in [1.54, 1.807) is 6.33 Å². The van der Waals surface area contributed by atoms with Gasteiger partial charge in [-0.25, -0.2) is 9.97 Å². The Morgan fingerprint density at radius 1 is 1.14 bits per heavy atom. The predicted molar refractivity (Wildman–Crippen MR) is 111 cm³/mol. The first-order chi connectivity index (χ1) is 13.8. The zero-order chi connectivity index (χ0) is 19.3. The predicted octanol–water partition coefficient (Wildman–Crippen LogP) is 3.51. The Morgan fingerprint density at radius 2 is 1.93 bits per heavy atom. The molecule has 7 nitrogen and oxygen atoms in total. The van der Waals surface area contributed by atoms with Gasteiger partial charge in [0.15, 0.2) is 0 Å². The van der Waals surface area contributed by atoms with Crippen molar-refractivity contribution < 1.29 is 9.47 Å². The van der Waals surface area contributed by atoms with Gasteiger partial charge in [0.1, 0.15) is 30.3 Å². The number of rotatable bonds is 6. The van der Waals surface area contributed by atoms with Crippen LogP contribution in [0.3, 0.4) is 0 Å². The van der Waals surface area contributed by atoms with Gasteiger partial charge in [0, 0.05) is 24.6 Å². The van der Waals surface area contributed by atoms with Crippen LogP contribution in [0.25, 0.3) is 22.0 Å². The van der Waals surface area contributed by atoms with Gasteiger partial charge in [-0.1, -0.05) is 12.1 Å². The number of nitrogens with zero attached hydrogens (tertiary/aromatic N) is 3. The van der Waals surface area contributed by atoms with Gasteiger partial charge < -0.3 is 14.8 Å². The van der Waals surface area contributed by atoms with E-state index in [1.165, 1.54) is 0 Å². The summed E-state index contributed by atoms with van der Waals surface area (Å²) < 4.78 is 10.8. The molecule has 1 aliphatic heterocycles. The molecule has 0 spiro atoms. The zero-order valence-corrected chi connectivity index (χ0v) is 15.6. The van der Waals surface area contributed by atoms with Gasteiger partial charge >= 0.3 is 0 Å². The number of hydrogen-bond acceptors (Lipinski definition) is 7. The van der Waals surface area contributed by atoms with Crippen molar-refractivity contribution in [2.45, 2.75) is 18.9 Å². The Kier molecular flexibility index (Phi) is 5.45. The van der Waals surface area contributed by atoms with Gasteiger partial charge in [0.05, 0.1) is 5.52 Å². The molecule has 2 heterocycles. The maximum atomic E-state index is 5.48. The van der Waals surface area contributed by atoms with E-state index in [9.17, 15) is 0 Å². The van der Waals surface area contributed by atoms with Gasteiger partial charge in [0.2, 0.25) is 0 Å². The summed E-state index contributed by atoms with van der Waals surface area (Å²) in [6, 6.07) is 12.3. The van der Waals surface area contributed by atoms with E-state index in [0.29, 0.717) is 17.5 Å². The highest BCUT2D eigenvalue weighted by atomic mass is 16.5. The van der Waals surface area contributed by atoms with Gasteiger partial charge in [-0.15, -0.1) is 0 Å². The molecule has 0 saturated carbocycles. The number of aliphatic imine (C=N–C) groups is 1. The molecule has 1 aromatic heterocycles. The number of fused-ring (bicyclic) bond motifs is 1. The van der Waals surface area contributed by atoms with Crippen LogP contribution in [-0.4, -0.2) is 42.7 Å². The maximum absolute atomic E-state index is 5.48. The monoisotopic (exact) mass is 377 g/mol. The van der Waals surface area contributed by atoms with E-state index in [2.05, 4.69) is 33.1 Å². The van der Waals surface area contributed by atoms with Crippen molar-refractivity contribution in [1.29, 1.82) is 0 Å². The smallest absolute Gasteiger partial charge is 0.146 e. The third-order valence-electron chi connectivity index (χ3n) is 4.90. The zero-order valence-electron chi connectivity index (χ0n) is 15.6. The Balaban J connectivity index is 1.70. The molecule has 0 unspecified atom stereocenters. The first-order valence-corrected chi connectivity index (χ1v) is 9.31. The molecule has 1 fully saturated rings. The number of nitrogens with two attached hydrogens (primary N) is 1. The van der Waals surface area contributed by atoms with E-state index >= 15 is 0 Å². The molecule has 0 radical (unpaired) electrons. The van der Waals surface area contributed by atoms with Crippen LogP contribution in [0.2, 0.25) is 0 Å². The topological polar surface area (TPSA) is 94.7 Å². The molecule has 7 heteroatoms. The van der Waals surface area contributed by atoms with Gasteiger partial charge in [-0.05, 0) is 55.0 Å². The second kappa shape index (κ2) is 8.33. The lowest BCUT2D eigenvalue weighted by Gasteiger charge is -2.24. The first kappa shape index (κ1) is 18.3. The van der Waals surface area contributed by atoms with Crippen molar-refractivity contribution in [3.05, 3.63) is 42.7 Å². The summed E-state index contributed by atoms with van der Waals surface area (Å²) in [6.45, 7) is 5.28. The van der Waals surface area contributed by atoms with E-state index in [-0.39, 0.29) is 6.73 Å². The molecule has 1 aliphatic rings. The summed E-state index contributed by atoms with van der Waals surface area (Å²) in [5, 5.41) is 4.55. The standard InChI is InChI=1S/C21H23N5O2/c1-23-19-11-15(3-5-20(19)28-12-22)14-2-4-18-17(10-14)21(25-13-24-18)26-16-6-8-27-9-7-16/h2-5,10-11,13,16H,1,6-9,12,22H2,(H,24,25,26). The fourth-order valence-electron chi connectivity index (χ4n) is 3.42. The molecule has 144 valence electrons. The molecule has 0 amide bonds. The molecule has 3 aromatic rings. The average Bonchev–Trinajstić information content (AvgIpc) is 2.75. The Bertz CT molecular complexity index is 986. The summed E-state index contributed by atoms with van der Waals surface area (Å²) in [6.07, 6.45) is 3.55. The lowest BCUT2D eigenvalue weighted by Crippen LogP contribution is -2.28. The number of anilines is 1. The Hall–Kier alpha value is -3.03. The molecular formula is C21H23N5O2. The lowest BCUT2D eigenvalue weighted by molar-refractivity contribution is 0.0904. The van der Waals surface area contributed by atoms with Gasteiger partial charge in [-0.3, -0.25) is 10.7 Å². The highest BCUT2D eigenvalue weighted by Crippen LogP contribution is 2.34. The summed E-state index contributed by atoms with van der Waals surface area (Å²) >= 11 is 0. The first-order valence-electron chi connectivity index (χ1n) is 9.31. The van der Waals surface area contributed by atoms with Crippen molar-refractivity contribution >= 4 is 29.1 Å². The highest BCUT2D eigenvalue weighted by molar-refractivity contribution is 5.92. The summed E-state index contributed by atoms with van der Waals surface area (Å²) in [7, 11) is 0. The number of aromatic nitrogens is 2. The van der Waals surface area contributed by atoms with Crippen molar-refractivity contribution in [3.63, 3.8) is 0 Å².